The van der Waals surface area contributed by atoms with E-state index in [1.807, 2.05) is 6.07 Å². The van der Waals surface area contributed by atoms with Crippen LogP contribution in [0.3, 0.4) is 0 Å². The molecule has 0 aliphatic carbocycles. The number of methoxy groups -OCH3 is 1. The Morgan fingerprint density at radius 1 is 1.38 bits per heavy atom. The molecular weight excluding hydrogens is 226 g/mol. The molecule has 0 heterocycles. The van der Waals surface area contributed by atoms with E-state index < -0.39 is 15.3 Å². The van der Waals surface area contributed by atoms with Crippen molar-refractivity contribution < 1.29 is 13.2 Å². The van der Waals surface area contributed by atoms with Crippen molar-refractivity contribution in [3.8, 4) is 6.07 Å². The largest absolute Gasteiger partial charge is 0.361 e. The standard InChI is InChI=1S/C11H13NO3S/c1-15-11(10-6-3-2-4-7-10)16(13,14)9-5-8-12/h2-4,6-7,11H,5,9H2,1H3. The van der Waals surface area contributed by atoms with Crippen molar-refractivity contribution in [3.05, 3.63) is 35.9 Å². The minimum absolute atomic E-state index is 0.0188. The zero-order valence-electron chi connectivity index (χ0n) is 8.96. The lowest BCUT2D eigenvalue weighted by atomic mass is 10.2. The Morgan fingerprint density at radius 3 is 2.50 bits per heavy atom. The SMILES string of the molecule is COC(c1ccccc1)S(=O)(=O)CCC#N. The number of hydrogen-bond donors (Lipinski definition) is 0. The van der Waals surface area contributed by atoms with Crippen LogP contribution in [0.25, 0.3) is 0 Å². The molecule has 0 saturated heterocycles. The second-order valence-electron chi connectivity index (χ2n) is 3.25. The van der Waals surface area contributed by atoms with Crippen LogP contribution in [0.15, 0.2) is 30.3 Å². The van der Waals surface area contributed by atoms with E-state index in [1.54, 1.807) is 30.3 Å². The van der Waals surface area contributed by atoms with Crippen LogP contribution in [-0.4, -0.2) is 21.3 Å². The van der Waals surface area contributed by atoms with Gasteiger partial charge in [0.1, 0.15) is 0 Å². The highest BCUT2D eigenvalue weighted by Gasteiger charge is 2.26. The topological polar surface area (TPSA) is 67.2 Å². The predicted molar refractivity (Wildman–Crippen MR) is 60.2 cm³/mol. The van der Waals surface area contributed by atoms with Gasteiger partial charge in [-0.3, -0.25) is 0 Å². The summed E-state index contributed by atoms with van der Waals surface area (Å²) in [6, 6.07) is 10.5. The molecule has 0 amide bonds. The summed E-state index contributed by atoms with van der Waals surface area (Å²) in [5, 5.41) is 8.40. The molecule has 1 aromatic rings. The second-order valence-corrected chi connectivity index (χ2v) is 5.42. The quantitative estimate of drug-likeness (QED) is 0.783. The second kappa shape index (κ2) is 5.64. The molecule has 0 aromatic heterocycles. The van der Waals surface area contributed by atoms with Gasteiger partial charge in [0.05, 0.1) is 11.8 Å². The Balaban J connectivity index is 2.96. The van der Waals surface area contributed by atoms with Crippen LogP contribution in [-0.2, 0) is 14.6 Å². The van der Waals surface area contributed by atoms with Gasteiger partial charge >= 0.3 is 0 Å². The molecule has 0 bridgehead atoms. The van der Waals surface area contributed by atoms with Crippen LogP contribution < -0.4 is 0 Å². The zero-order valence-corrected chi connectivity index (χ0v) is 9.78. The summed E-state index contributed by atoms with van der Waals surface area (Å²) in [6.07, 6.45) is -0.0188. The molecule has 1 unspecified atom stereocenters. The van der Waals surface area contributed by atoms with Gasteiger partial charge in [0, 0.05) is 13.5 Å². The maximum atomic E-state index is 11.8. The molecule has 0 saturated carbocycles. The van der Waals surface area contributed by atoms with E-state index in [0.29, 0.717) is 5.56 Å². The lowest BCUT2D eigenvalue weighted by Crippen LogP contribution is -2.18. The summed E-state index contributed by atoms with van der Waals surface area (Å²) < 4.78 is 28.7. The van der Waals surface area contributed by atoms with Gasteiger partial charge in [0.15, 0.2) is 15.3 Å². The number of sulfone groups is 1. The van der Waals surface area contributed by atoms with Crippen molar-refractivity contribution in [2.75, 3.05) is 12.9 Å². The van der Waals surface area contributed by atoms with Gasteiger partial charge in [-0.1, -0.05) is 30.3 Å². The Bertz CT molecular complexity index is 462. The molecule has 0 spiro atoms. The van der Waals surface area contributed by atoms with Gasteiger partial charge in [-0.05, 0) is 5.56 Å². The molecule has 0 N–H and O–H groups in total. The minimum Gasteiger partial charge on any atom is -0.361 e. The van der Waals surface area contributed by atoms with Crippen molar-refractivity contribution in [3.63, 3.8) is 0 Å². The Hall–Kier alpha value is -1.38. The number of rotatable bonds is 5. The maximum absolute atomic E-state index is 11.8. The first-order valence-electron chi connectivity index (χ1n) is 4.78. The summed E-state index contributed by atoms with van der Waals surface area (Å²) in [6.45, 7) is 0. The molecule has 1 rings (SSSR count). The first kappa shape index (κ1) is 12.7. The van der Waals surface area contributed by atoms with Gasteiger partial charge in [-0.2, -0.15) is 5.26 Å². The molecular formula is C11H13NO3S. The van der Waals surface area contributed by atoms with Crippen molar-refractivity contribution in [1.82, 2.24) is 0 Å². The molecule has 0 aliphatic rings. The first-order valence-corrected chi connectivity index (χ1v) is 6.49. The van der Waals surface area contributed by atoms with Crippen LogP contribution in [0.2, 0.25) is 0 Å². The first-order chi connectivity index (χ1) is 7.61. The summed E-state index contributed by atoms with van der Waals surface area (Å²) in [4.78, 5) is 0. The van der Waals surface area contributed by atoms with Gasteiger partial charge in [-0.15, -0.1) is 0 Å². The molecule has 86 valence electrons. The van der Waals surface area contributed by atoms with Crippen LogP contribution in [0.4, 0.5) is 0 Å². The molecule has 16 heavy (non-hydrogen) atoms. The minimum atomic E-state index is -3.43. The number of nitrogens with zero attached hydrogens (tertiary/aromatic N) is 1. The van der Waals surface area contributed by atoms with Gasteiger partial charge in [0.2, 0.25) is 0 Å². The summed E-state index contributed by atoms with van der Waals surface area (Å²) >= 11 is 0. The Labute approximate surface area is 95.4 Å². The molecule has 4 nitrogen and oxygen atoms in total. The molecule has 0 radical (unpaired) electrons. The third kappa shape index (κ3) is 3.05. The summed E-state index contributed by atoms with van der Waals surface area (Å²) in [7, 11) is -2.08. The van der Waals surface area contributed by atoms with Crippen molar-refractivity contribution in [2.45, 2.75) is 11.9 Å². The van der Waals surface area contributed by atoms with E-state index in [4.69, 9.17) is 10.00 Å². The van der Waals surface area contributed by atoms with E-state index in [2.05, 4.69) is 0 Å². The van der Waals surface area contributed by atoms with E-state index >= 15 is 0 Å². The van der Waals surface area contributed by atoms with Crippen LogP contribution in [0.5, 0.6) is 0 Å². The monoisotopic (exact) mass is 239 g/mol. The highest BCUT2D eigenvalue weighted by Crippen LogP contribution is 2.23. The van der Waals surface area contributed by atoms with Crippen molar-refractivity contribution >= 4 is 9.84 Å². The summed E-state index contributed by atoms with van der Waals surface area (Å²) in [5.74, 6) is -0.184. The highest BCUT2D eigenvalue weighted by atomic mass is 32.2. The molecule has 1 atom stereocenters. The average molecular weight is 239 g/mol. The number of benzene rings is 1. The highest BCUT2D eigenvalue weighted by molar-refractivity contribution is 7.91. The lowest BCUT2D eigenvalue weighted by molar-refractivity contribution is 0.166. The van der Waals surface area contributed by atoms with Crippen LogP contribution in [0, 0.1) is 11.3 Å². The lowest BCUT2D eigenvalue weighted by Gasteiger charge is -2.15. The van der Waals surface area contributed by atoms with E-state index in [-0.39, 0.29) is 12.2 Å². The fourth-order valence-corrected chi connectivity index (χ4v) is 2.85. The van der Waals surface area contributed by atoms with Crippen molar-refractivity contribution in [1.29, 1.82) is 5.26 Å². The van der Waals surface area contributed by atoms with Crippen LogP contribution >= 0.6 is 0 Å². The summed E-state index contributed by atoms with van der Waals surface area (Å²) in [5.41, 5.74) is -0.398. The average Bonchev–Trinajstić information content (AvgIpc) is 2.28. The molecule has 0 aliphatic heterocycles. The number of nitriles is 1. The van der Waals surface area contributed by atoms with Crippen LogP contribution in [0.1, 0.15) is 17.4 Å². The molecule has 0 fully saturated rings. The van der Waals surface area contributed by atoms with Gasteiger partial charge in [0.25, 0.3) is 0 Å². The van der Waals surface area contributed by atoms with E-state index in [1.165, 1.54) is 7.11 Å². The number of ether oxygens (including phenoxy) is 1. The van der Waals surface area contributed by atoms with Gasteiger partial charge < -0.3 is 4.74 Å². The third-order valence-electron chi connectivity index (χ3n) is 2.11. The maximum Gasteiger partial charge on any atom is 0.183 e. The van der Waals surface area contributed by atoms with E-state index in [9.17, 15) is 8.42 Å². The predicted octanol–water partition coefficient (Wildman–Crippen LogP) is 1.66. The smallest absolute Gasteiger partial charge is 0.183 e. The Morgan fingerprint density at radius 2 is 2.00 bits per heavy atom. The fourth-order valence-electron chi connectivity index (χ4n) is 1.40. The van der Waals surface area contributed by atoms with E-state index in [0.717, 1.165) is 0 Å². The Kier molecular flexibility index (Phi) is 4.47. The molecule has 5 heteroatoms. The number of hydrogen-bond acceptors (Lipinski definition) is 4. The normalized spacial score (nSPS) is 13.0. The zero-order chi connectivity index (χ0) is 12.0. The third-order valence-corrected chi connectivity index (χ3v) is 4.00. The van der Waals surface area contributed by atoms with Crippen molar-refractivity contribution in [2.24, 2.45) is 0 Å². The fraction of sp³-hybridized carbons (Fsp3) is 0.364. The molecule has 1 aromatic carbocycles. The van der Waals surface area contributed by atoms with Gasteiger partial charge in [-0.25, -0.2) is 8.42 Å².